The summed E-state index contributed by atoms with van der Waals surface area (Å²) in [7, 11) is 0. The molecule has 0 spiro atoms. The van der Waals surface area contributed by atoms with Gasteiger partial charge in [-0.25, -0.2) is 9.97 Å². The first kappa shape index (κ1) is 11.8. The lowest BCUT2D eigenvalue weighted by molar-refractivity contribution is 0.860. The van der Waals surface area contributed by atoms with Gasteiger partial charge in [0.05, 0.1) is 17.7 Å². The number of nitrogens with one attached hydrogen (secondary N) is 1. The summed E-state index contributed by atoms with van der Waals surface area (Å²) in [6, 6.07) is 5.26. The summed E-state index contributed by atoms with van der Waals surface area (Å²) in [5, 5.41) is 15.2. The molecule has 1 N–H and O–H groups in total. The summed E-state index contributed by atoms with van der Waals surface area (Å²) in [6.07, 6.45) is 1.75. The fourth-order valence-electron chi connectivity index (χ4n) is 1.37. The van der Waals surface area contributed by atoms with Crippen LogP contribution in [-0.4, -0.2) is 9.97 Å². The van der Waals surface area contributed by atoms with Crippen LogP contribution >= 0.6 is 22.9 Å². The highest BCUT2D eigenvalue weighted by atomic mass is 35.5. The van der Waals surface area contributed by atoms with Crippen molar-refractivity contribution in [2.75, 3.05) is 5.32 Å². The molecule has 2 aromatic heterocycles. The van der Waals surface area contributed by atoms with Crippen LogP contribution < -0.4 is 5.32 Å². The molecule has 4 nitrogen and oxygen atoms in total. The maximum absolute atomic E-state index is 8.83. The number of pyridine rings is 1. The number of nitriles is 1. The maximum atomic E-state index is 8.83. The Kier molecular flexibility index (Phi) is 3.57. The van der Waals surface area contributed by atoms with Crippen molar-refractivity contribution < 1.29 is 0 Å². The Morgan fingerprint density at radius 1 is 1.53 bits per heavy atom. The summed E-state index contributed by atoms with van der Waals surface area (Å²) >= 11 is 7.39. The van der Waals surface area contributed by atoms with Gasteiger partial charge in [-0.2, -0.15) is 5.26 Å². The molecule has 1 atom stereocenters. The van der Waals surface area contributed by atoms with E-state index in [2.05, 4.69) is 15.3 Å². The van der Waals surface area contributed by atoms with Gasteiger partial charge in [0.25, 0.3) is 0 Å². The normalized spacial score (nSPS) is 11.8. The van der Waals surface area contributed by atoms with Crippen molar-refractivity contribution >= 4 is 28.8 Å². The second-order valence-corrected chi connectivity index (χ2v) is 4.73. The van der Waals surface area contributed by atoms with E-state index in [1.54, 1.807) is 23.6 Å². The van der Waals surface area contributed by atoms with E-state index in [1.165, 1.54) is 6.07 Å². The van der Waals surface area contributed by atoms with E-state index >= 15 is 0 Å². The van der Waals surface area contributed by atoms with Crippen molar-refractivity contribution in [1.82, 2.24) is 9.97 Å². The number of thiazole rings is 1. The number of rotatable bonds is 3. The first-order valence-electron chi connectivity index (χ1n) is 4.92. The number of hydrogen-bond donors (Lipinski definition) is 1. The van der Waals surface area contributed by atoms with Gasteiger partial charge in [-0.15, -0.1) is 11.3 Å². The third kappa shape index (κ3) is 2.93. The molecule has 0 aliphatic carbocycles. The smallest absolute Gasteiger partial charge is 0.132 e. The lowest BCUT2D eigenvalue weighted by atomic mass is 10.2. The van der Waals surface area contributed by atoms with Crippen LogP contribution in [0.3, 0.4) is 0 Å². The average molecular weight is 265 g/mol. The van der Waals surface area contributed by atoms with Gasteiger partial charge in [0.2, 0.25) is 0 Å². The van der Waals surface area contributed by atoms with Gasteiger partial charge >= 0.3 is 0 Å². The Morgan fingerprint density at radius 3 is 3.00 bits per heavy atom. The van der Waals surface area contributed by atoms with Crippen molar-refractivity contribution in [2.45, 2.75) is 13.0 Å². The Labute approximate surface area is 108 Å². The summed E-state index contributed by atoms with van der Waals surface area (Å²) in [5.41, 5.74) is 0.485. The summed E-state index contributed by atoms with van der Waals surface area (Å²) in [5.74, 6) is 0.580. The topological polar surface area (TPSA) is 61.6 Å². The lowest BCUT2D eigenvalue weighted by Crippen LogP contribution is -2.07. The van der Waals surface area contributed by atoms with Crippen molar-refractivity contribution in [3.8, 4) is 6.07 Å². The first-order valence-corrected chi connectivity index (χ1v) is 6.18. The van der Waals surface area contributed by atoms with E-state index in [1.807, 2.05) is 18.4 Å². The fourth-order valence-corrected chi connectivity index (χ4v) is 2.22. The highest BCUT2D eigenvalue weighted by molar-refractivity contribution is 7.09. The molecule has 0 radical (unpaired) electrons. The molecule has 0 aliphatic heterocycles. The van der Waals surface area contributed by atoms with Crippen LogP contribution in [0, 0.1) is 11.3 Å². The zero-order valence-electron chi connectivity index (χ0n) is 9.01. The second-order valence-electron chi connectivity index (χ2n) is 3.41. The largest absolute Gasteiger partial charge is 0.361 e. The predicted molar refractivity (Wildman–Crippen MR) is 68.1 cm³/mol. The highest BCUT2D eigenvalue weighted by Gasteiger charge is 2.09. The van der Waals surface area contributed by atoms with E-state index in [9.17, 15) is 0 Å². The number of anilines is 1. The quantitative estimate of drug-likeness (QED) is 0.865. The molecule has 86 valence electrons. The van der Waals surface area contributed by atoms with Crippen molar-refractivity contribution in [1.29, 1.82) is 5.26 Å². The molecule has 0 aliphatic rings. The van der Waals surface area contributed by atoms with Gasteiger partial charge < -0.3 is 5.32 Å². The molecule has 0 saturated heterocycles. The molecule has 2 aromatic rings. The molecule has 0 aromatic carbocycles. The van der Waals surface area contributed by atoms with Gasteiger partial charge in [-0.05, 0) is 19.1 Å². The molecule has 17 heavy (non-hydrogen) atoms. The monoisotopic (exact) mass is 264 g/mol. The number of halogens is 1. The minimum Gasteiger partial charge on any atom is -0.361 e. The summed E-state index contributed by atoms with van der Waals surface area (Å²) in [6.45, 7) is 1.98. The molecular weight excluding hydrogens is 256 g/mol. The van der Waals surface area contributed by atoms with Crippen LogP contribution in [0.1, 0.15) is 23.5 Å². The SMILES string of the molecule is CC(Nc1cc(C#N)cc(Cl)n1)c1nccs1. The van der Waals surface area contributed by atoms with Gasteiger partial charge in [0, 0.05) is 11.6 Å². The van der Waals surface area contributed by atoms with Crippen LogP contribution in [0.15, 0.2) is 23.7 Å². The van der Waals surface area contributed by atoms with Crippen LogP contribution in [-0.2, 0) is 0 Å². The standard InChI is InChI=1S/C11H9ClN4S/c1-7(11-14-2-3-17-11)15-10-5-8(6-13)4-9(12)16-10/h2-5,7H,1H3,(H,15,16). The average Bonchev–Trinajstić information content (AvgIpc) is 2.81. The Hall–Kier alpha value is -1.64. The molecule has 0 amide bonds. The summed E-state index contributed by atoms with van der Waals surface area (Å²) < 4.78 is 0. The fraction of sp³-hybridized carbons (Fsp3) is 0.182. The maximum Gasteiger partial charge on any atom is 0.132 e. The molecule has 6 heteroatoms. The van der Waals surface area contributed by atoms with Crippen molar-refractivity contribution in [3.63, 3.8) is 0 Å². The third-order valence-corrected chi connectivity index (χ3v) is 3.26. The van der Waals surface area contributed by atoms with Crippen molar-refractivity contribution in [2.24, 2.45) is 0 Å². The zero-order chi connectivity index (χ0) is 12.3. The first-order chi connectivity index (χ1) is 8.19. The van der Waals surface area contributed by atoms with Crippen LogP contribution in [0.5, 0.6) is 0 Å². The molecule has 0 bridgehead atoms. The van der Waals surface area contributed by atoms with E-state index in [-0.39, 0.29) is 6.04 Å². The molecule has 2 heterocycles. The Balaban J connectivity index is 2.19. The number of nitrogens with zero attached hydrogens (tertiary/aromatic N) is 3. The molecular formula is C11H9ClN4S. The van der Waals surface area contributed by atoms with Gasteiger partial charge in [-0.1, -0.05) is 11.6 Å². The van der Waals surface area contributed by atoms with E-state index in [0.717, 1.165) is 5.01 Å². The predicted octanol–water partition coefficient (Wildman–Crippen LogP) is 3.24. The second kappa shape index (κ2) is 5.13. The van der Waals surface area contributed by atoms with Crippen LogP contribution in [0.2, 0.25) is 5.15 Å². The number of aromatic nitrogens is 2. The number of hydrogen-bond acceptors (Lipinski definition) is 5. The molecule has 1 unspecified atom stereocenters. The molecule has 0 fully saturated rings. The van der Waals surface area contributed by atoms with Crippen LogP contribution in [0.4, 0.5) is 5.82 Å². The summed E-state index contributed by atoms with van der Waals surface area (Å²) in [4.78, 5) is 8.32. The van der Waals surface area contributed by atoms with Gasteiger partial charge in [0.15, 0.2) is 0 Å². The van der Waals surface area contributed by atoms with Gasteiger partial charge in [-0.3, -0.25) is 0 Å². The Morgan fingerprint density at radius 2 is 2.35 bits per heavy atom. The minimum absolute atomic E-state index is 0.0347. The van der Waals surface area contributed by atoms with E-state index in [0.29, 0.717) is 16.5 Å². The zero-order valence-corrected chi connectivity index (χ0v) is 10.6. The third-order valence-electron chi connectivity index (χ3n) is 2.11. The molecule has 0 saturated carbocycles. The van der Waals surface area contributed by atoms with E-state index in [4.69, 9.17) is 16.9 Å². The van der Waals surface area contributed by atoms with E-state index < -0.39 is 0 Å². The Bertz CT molecular complexity index is 547. The molecule has 2 rings (SSSR count). The van der Waals surface area contributed by atoms with Crippen molar-refractivity contribution in [3.05, 3.63) is 39.4 Å². The minimum atomic E-state index is 0.0347. The van der Waals surface area contributed by atoms with Gasteiger partial charge in [0.1, 0.15) is 16.0 Å². The van der Waals surface area contributed by atoms with Crippen LogP contribution in [0.25, 0.3) is 0 Å². The lowest BCUT2D eigenvalue weighted by Gasteiger charge is -2.12. The highest BCUT2D eigenvalue weighted by Crippen LogP contribution is 2.21.